The Morgan fingerprint density at radius 3 is 2.78 bits per heavy atom. The molecule has 0 unspecified atom stereocenters. The number of nitrogens with zero attached hydrogens (tertiary/aromatic N) is 2. The minimum atomic E-state index is -0.180. The zero-order chi connectivity index (χ0) is 19.0. The van der Waals surface area contributed by atoms with Gasteiger partial charge in [-0.1, -0.05) is 62.8 Å². The first-order chi connectivity index (χ1) is 13.0. The summed E-state index contributed by atoms with van der Waals surface area (Å²) in [4.78, 5) is 20.0. The molecule has 4 nitrogen and oxygen atoms in total. The summed E-state index contributed by atoms with van der Waals surface area (Å²) >= 11 is 17.7. The molecule has 1 N–H and O–H groups in total. The molecule has 2 aromatic carbocycles. The van der Waals surface area contributed by atoms with Crippen molar-refractivity contribution in [3.8, 4) is 5.69 Å². The first kappa shape index (κ1) is 18.9. The van der Waals surface area contributed by atoms with Crippen molar-refractivity contribution in [2.24, 2.45) is 0 Å². The largest absolute Gasteiger partial charge is 0.300 e. The Morgan fingerprint density at radius 2 is 2.04 bits per heavy atom. The van der Waals surface area contributed by atoms with Crippen LogP contribution in [0.1, 0.15) is 5.56 Å². The van der Waals surface area contributed by atoms with Crippen LogP contribution in [0.15, 0.2) is 63.0 Å². The van der Waals surface area contributed by atoms with Gasteiger partial charge in [-0.15, -0.1) is 0 Å². The van der Waals surface area contributed by atoms with Crippen molar-refractivity contribution in [3.05, 3.63) is 77.9 Å². The number of aromatic nitrogens is 3. The average molecular weight is 497 g/mol. The van der Waals surface area contributed by atoms with Gasteiger partial charge in [-0.25, -0.2) is 4.98 Å². The second-order valence-corrected chi connectivity index (χ2v) is 9.58. The molecule has 0 fully saturated rings. The van der Waals surface area contributed by atoms with Gasteiger partial charge in [0.2, 0.25) is 0 Å². The lowest BCUT2D eigenvalue weighted by molar-refractivity contribution is 0.943. The highest BCUT2D eigenvalue weighted by Gasteiger charge is 2.14. The van der Waals surface area contributed by atoms with Gasteiger partial charge in [0.25, 0.3) is 5.56 Å². The van der Waals surface area contributed by atoms with E-state index < -0.39 is 0 Å². The summed E-state index contributed by atoms with van der Waals surface area (Å²) in [5, 5.41) is 1.20. The normalized spacial score (nSPS) is 11.2. The Labute approximate surface area is 181 Å². The quantitative estimate of drug-likeness (QED) is 0.207. The molecule has 4 aromatic rings. The zero-order valence-corrected chi connectivity index (χ0v) is 18.4. The highest BCUT2D eigenvalue weighted by Crippen LogP contribution is 2.27. The summed E-state index contributed by atoms with van der Waals surface area (Å²) < 4.78 is 3.91. The summed E-state index contributed by atoms with van der Waals surface area (Å²) in [7, 11) is 0. The summed E-state index contributed by atoms with van der Waals surface area (Å²) in [6.45, 7) is 0. The predicted molar refractivity (Wildman–Crippen MR) is 119 cm³/mol. The van der Waals surface area contributed by atoms with Crippen molar-refractivity contribution in [3.63, 3.8) is 0 Å². The molecule has 2 heterocycles. The standard InChI is InChI=1S/C18H11BrClN3OS3/c19-11-3-1-2-10(8-11)9-26-17-21-15-14(16(24)22-17)27-18(25)23(15)13-6-4-12(20)5-7-13/h1-8H,9H2,(H,21,22,24). The number of thioether (sulfide) groups is 1. The number of H-pyrrole nitrogens is 1. The van der Waals surface area contributed by atoms with Crippen LogP contribution in [0.2, 0.25) is 5.02 Å². The third-order valence-corrected chi connectivity index (χ3v) is 6.82. The lowest BCUT2D eigenvalue weighted by Crippen LogP contribution is -2.09. The first-order valence-electron chi connectivity index (χ1n) is 7.80. The van der Waals surface area contributed by atoms with Gasteiger partial charge in [-0.2, -0.15) is 0 Å². The van der Waals surface area contributed by atoms with Gasteiger partial charge in [-0.3, -0.25) is 9.36 Å². The zero-order valence-electron chi connectivity index (χ0n) is 13.6. The average Bonchev–Trinajstić information content (AvgIpc) is 2.98. The molecule has 0 aliphatic heterocycles. The fraction of sp³-hybridized carbons (Fsp3) is 0.0556. The number of aromatic amines is 1. The van der Waals surface area contributed by atoms with Crippen LogP contribution in [-0.2, 0) is 5.75 Å². The Kier molecular flexibility index (Phi) is 5.52. The predicted octanol–water partition coefficient (Wildman–Crippen LogP) is 6.21. The third kappa shape index (κ3) is 4.05. The maximum atomic E-state index is 12.5. The van der Waals surface area contributed by atoms with Crippen LogP contribution in [0.3, 0.4) is 0 Å². The number of rotatable bonds is 4. The van der Waals surface area contributed by atoms with E-state index in [0.29, 0.717) is 30.2 Å². The molecule has 27 heavy (non-hydrogen) atoms. The van der Waals surface area contributed by atoms with Crippen LogP contribution in [0, 0.1) is 3.95 Å². The molecule has 0 spiro atoms. The van der Waals surface area contributed by atoms with E-state index in [1.165, 1.54) is 23.1 Å². The van der Waals surface area contributed by atoms with Crippen molar-refractivity contribution in [2.75, 3.05) is 0 Å². The summed E-state index contributed by atoms with van der Waals surface area (Å²) in [5.74, 6) is 0.694. The van der Waals surface area contributed by atoms with Crippen LogP contribution >= 0.6 is 62.8 Å². The van der Waals surface area contributed by atoms with E-state index in [0.717, 1.165) is 15.7 Å². The lowest BCUT2D eigenvalue weighted by Gasteiger charge is -2.06. The molecule has 2 aromatic heterocycles. The molecule has 0 aliphatic rings. The van der Waals surface area contributed by atoms with Crippen LogP contribution in [0.25, 0.3) is 16.0 Å². The van der Waals surface area contributed by atoms with Crippen LogP contribution < -0.4 is 5.56 Å². The fourth-order valence-electron chi connectivity index (χ4n) is 2.56. The highest BCUT2D eigenvalue weighted by atomic mass is 79.9. The van der Waals surface area contributed by atoms with Crippen molar-refractivity contribution < 1.29 is 0 Å². The smallest absolute Gasteiger partial charge is 0.271 e. The molecule has 0 aliphatic carbocycles. The van der Waals surface area contributed by atoms with E-state index in [1.54, 1.807) is 12.1 Å². The van der Waals surface area contributed by atoms with Gasteiger partial charge in [0.1, 0.15) is 4.70 Å². The Hall–Kier alpha value is -1.45. The van der Waals surface area contributed by atoms with Crippen molar-refractivity contribution in [1.82, 2.24) is 14.5 Å². The SMILES string of the molecule is O=c1[nH]c(SCc2cccc(Br)c2)nc2c1sc(=S)n2-c1ccc(Cl)cc1. The molecular weight excluding hydrogens is 486 g/mol. The van der Waals surface area contributed by atoms with E-state index in [2.05, 4.69) is 25.9 Å². The summed E-state index contributed by atoms with van der Waals surface area (Å²) in [6.07, 6.45) is 0. The van der Waals surface area contributed by atoms with Gasteiger partial charge in [0.05, 0.1) is 0 Å². The van der Waals surface area contributed by atoms with Gasteiger partial charge in [0, 0.05) is 20.9 Å². The minimum absolute atomic E-state index is 0.180. The van der Waals surface area contributed by atoms with Crippen molar-refractivity contribution >= 4 is 73.2 Å². The van der Waals surface area contributed by atoms with Crippen molar-refractivity contribution in [1.29, 1.82) is 0 Å². The number of halogens is 2. The number of hydrogen-bond acceptors (Lipinski definition) is 5. The minimum Gasteiger partial charge on any atom is -0.300 e. The molecule has 0 amide bonds. The Morgan fingerprint density at radius 1 is 1.26 bits per heavy atom. The molecule has 0 saturated carbocycles. The monoisotopic (exact) mass is 495 g/mol. The molecule has 9 heteroatoms. The second kappa shape index (κ2) is 7.89. The topological polar surface area (TPSA) is 50.7 Å². The molecule has 0 bridgehead atoms. The number of fused-ring (bicyclic) bond motifs is 1. The second-order valence-electron chi connectivity index (χ2n) is 5.62. The molecular formula is C18H11BrClN3OS3. The van der Waals surface area contributed by atoms with E-state index in [4.69, 9.17) is 23.8 Å². The van der Waals surface area contributed by atoms with E-state index in [-0.39, 0.29) is 5.56 Å². The van der Waals surface area contributed by atoms with Crippen molar-refractivity contribution in [2.45, 2.75) is 10.9 Å². The lowest BCUT2D eigenvalue weighted by atomic mass is 10.2. The first-order valence-corrected chi connectivity index (χ1v) is 11.2. The maximum absolute atomic E-state index is 12.5. The summed E-state index contributed by atoms with van der Waals surface area (Å²) in [5.41, 5.74) is 2.35. The molecule has 0 atom stereocenters. The maximum Gasteiger partial charge on any atom is 0.271 e. The van der Waals surface area contributed by atoms with E-state index in [9.17, 15) is 4.79 Å². The fourth-order valence-corrected chi connectivity index (χ4v) is 5.20. The van der Waals surface area contributed by atoms with E-state index in [1.807, 2.05) is 41.0 Å². The Bertz CT molecular complexity index is 1250. The number of nitrogens with one attached hydrogen (secondary N) is 1. The molecule has 4 rings (SSSR count). The molecule has 0 radical (unpaired) electrons. The van der Waals surface area contributed by atoms with Crippen LogP contribution in [0.4, 0.5) is 0 Å². The number of thiazole rings is 1. The van der Waals surface area contributed by atoms with Gasteiger partial charge >= 0.3 is 0 Å². The highest BCUT2D eigenvalue weighted by molar-refractivity contribution is 9.10. The van der Waals surface area contributed by atoms with E-state index >= 15 is 0 Å². The van der Waals surface area contributed by atoms with Gasteiger partial charge < -0.3 is 4.98 Å². The van der Waals surface area contributed by atoms with Crippen LogP contribution in [0.5, 0.6) is 0 Å². The number of benzene rings is 2. The number of hydrogen-bond donors (Lipinski definition) is 1. The molecule has 0 saturated heterocycles. The molecule has 136 valence electrons. The van der Waals surface area contributed by atoms with Gasteiger partial charge in [-0.05, 0) is 54.2 Å². The third-order valence-electron chi connectivity index (χ3n) is 3.77. The van der Waals surface area contributed by atoms with Crippen LogP contribution in [-0.4, -0.2) is 14.5 Å². The van der Waals surface area contributed by atoms with Gasteiger partial charge in [0.15, 0.2) is 14.8 Å². The Balaban J connectivity index is 1.75. The summed E-state index contributed by atoms with van der Waals surface area (Å²) in [6, 6.07) is 15.3.